The lowest BCUT2D eigenvalue weighted by Gasteiger charge is -2.10. The fraction of sp³-hybridized carbons (Fsp3) is 0.267. The highest BCUT2D eigenvalue weighted by molar-refractivity contribution is 5.95. The molecule has 2 aliphatic rings. The van der Waals surface area contributed by atoms with Crippen molar-refractivity contribution in [2.24, 2.45) is 0 Å². The van der Waals surface area contributed by atoms with E-state index in [1.807, 2.05) is 36.4 Å². The summed E-state index contributed by atoms with van der Waals surface area (Å²) in [6.07, 6.45) is 6.07. The van der Waals surface area contributed by atoms with Crippen LogP contribution in [0.4, 0.5) is 0 Å². The van der Waals surface area contributed by atoms with Crippen LogP contribution in [0.25, 0.3) is 6.08 Å². The predicted molar refractivity (Wildman–Crippen MR) is 66.0 cm³/mol. The molecular weight excluding hydrogens is 212 g/mol. The third-order valence-corrected chi connectivity index (χ3v) is 3.31. The lowest BCUT2D eigenvalue weighted by atomic mass is 9.92. The fourth-order valence-electron chi connectivity index (χ4n) is 2.44. The van der Waals surface area contributed by atoms with Gasteiger partial charge in [0.25, 0.3) is 0 Å². The summed E-state index contributed by atoms with van der Waals surface area (Å²) in [5.41, 5.74) is 3.11. The van der Waals surface area contributed by atoms with E-state index in [0.717, 1.165) is 48.2 Å². The third-order valence-electron chi connectivity index (χ3n) is 3.31. The van der Waals surface area contributed by atoms with Crippen molar-refractivity contribution in [1.82, 2.24) is 0 Å². The van der Waals surface area contributed by atoms with E-state index in [1.54, 1.807) is 0 Å². The summed E-state index contributed by atoms with van der Waals surface area (Å²) in [6, 6.07) is 9.98. The Balaban J connectivity index is 1.98. The van der Waals surface area contributed by atoms with Crippen LogP contribution in [-0.4, -0.2) is 5.97 Å². The summed E-state index contributed by atoms with van der Waals surface area (Å²) in [4.78, 5) is 11.7. The summed E-state index contributed by atoms with van der Waals surface area (Å²) in [7, 11) is 0. The summed E-state index contributed by atoms with van der Waals surface area (Å²) >= 11 is 0. The van der Waals surface area contributed by atoms with Gasteiger partial charge in [-0.25, -0.2) is 4.79 Å². The maximum atomic E-state index is 11.7. The largest absolute Gasteiger partial charge is 0.423 e. The molecule has 1 aromatic rings. The molecule has 0 N–H and O–H groups in total. The maximum absolute atomic E-state index is 11.7. The Morgan fingerprint density at radius 2 is 1.71 bits per heavy atom. The molecule has 2 nitrogen and oxygen atoms in total. The topological polar surface area (TPSA) is 26.3 Å². The highest BCUT2D eigenvalue weighted by Gasteiger charge is 2.30. The van der Waals surface area contributed by atoms with Crippen LogP contribution >= 0.6 is 0 Å². The zero-order valence-corrected chi connectivity index (χ0v) is 9.61. The van der Waals surface area contributed by atoms with Gasteiger partial charge in [-0.15, -0.1) is 0 Å². The number of hydrogen-bond donors (Lipinski definition) is 0. The first-order chi connectivity index (χ1) is 8.34. The Kier molecular flexibility index (Phi) is 2.56. The Labute approximate surface area is 101 Å². The molecule has 0 amide bonds. The average molecular weight is 226 g/mol. The van der Waals surface area contributed by atoms with E-state index in [4.69, 9.17) is 4.74 Å². The van der Waals surface area contributed by atoms with Crippen molar-refractivity contribution in [2.75, 3.05) is 0 Å². The minimum absolute atomic E-state index is 0.137. The van der Waals surface area contributed by atoms with Crippen molar-refractivity contribution in [3.8, 4) is 0 Å². The Morgan fingerprint density at radius 3 is 2.47 bits per heavy atom. The number of allylic oxidation sites excluding steroid dienone is 1. The lowest BCUT2D eigenvalue weighted by molar-refractivity contribution is -0.133. The van der Waals surface area contributed by atoms with Crippen LogP contribution in [0, 0.1) is 0 Å². The van der Waals surface area contributed by atoms with E-state index >= 15 is 0 Å². The van der Waals surface area contributed by atoms with E-state index < -0.39 is 0 Å². The molecule has 1 heterocycles. The molecule has 0 fully saturated rings. The van der Waals surface area contributed by atoms with Gasteiger partial charge >= 0.3 is 5.97 Å². The SMILES string of the molecule is O=C1O/C(=C\c2ccccc2)C2=C1CCCC2. The first-order valence-corrected chi connectivity index (χ1v) is 6.06. The molecule has 0 radical (unpaired) electrons. The van der Waals surface area contributed by atoms with Gasteiger partial charge in [0.2, 0.25) is 0 Å². The van der Waals surface area contributed by atoms with Gasteiger partial charge in [-0.2, -0.15) is 0 Å². The number of benzene rings is 1. The molecule has 1 aliphatic carbocycles. The van der Waals surface area contributed by atoms with Gasteiger partial charge in [0, 0.05) is 11.1 Å². The third kappa shape index (κ3) is 1.91. The Bertz CT molecular complexity index is 509. The average Bonchev–Trinajstić information content (AvgIpc) is 2.69. The second-order valence-electron chi connectivity index (χ2n) is 4.47. The second kappa shape index (κ2) is 4.21. The minimum Gasteiger partial charge on any atom is -0.423 e. The molecule has 0 bridgehead atoms. The van der Waals surface area contributed by atoms with Crippen LogP contribution in [0.2, 0.25) is 0 Å². The normalized spacial score (nSPS) is 21.6. The number of carbonyl (C=O) groups excluding carboxylic acids is 1. The molecule has 1 aliphatic heterocycles. The second-order valence-corrected chi connectivity index (χ2v) is 4.47. The van der Waals surface area contributed by atoms with E-state index in [0.29, 0.717) is 0 Å². The van der Waals surface area contributed by atoms with Crippen LogP contribution < -0.4 is 0 Å². The zero-order chi connectivity index (χ0) is 11.7. The van der Waals surface area contributed by atoms with Gasteiger partial charge in [-0.3, -0.25) is 0 Å². The van der Waals surface area contributed by atoms with Crippen LogP contribution in [-0.2, 0) is 9.53 Å². The van der Waals surface area contributed by atoms with Crippen LogP contribution in [0.1, 0.15) is 31.2 Å². The number of cyclic esters (lactones) is 1. The lowest BCUT2D eigenvalue weighted by Crippen LogP contribution is -2.01. The molecule has 3 rings (SSSR count). The fourth-order valence-corrected chi connectivity index (χ4v) is 2.44. The maximum Gasteiger partial charge on any atom is 0.339 e. The van der Waals surface area contributed by atoms with Crippen molar-refractivity contribution >= 4 is 12.0 Å². The minimum atomic E-state index is -0.137. The molecule has 2 heteroatoms. The molecule has 0 saturated heterocycles. The van der Waals surface area contributed by atoms with Gasteiger partial charge < -0.3 is 4.74 Å². The Morgan fingerprint density at radius 1 is 1.00 bits per heavy atom. The van der Waals surface area contributed by atoms with Crippen molar-refractivity contribution in [2.45, 2.75) is 25.7 Å². The van der Waals surface area contributed by atoms with E-state index in [9.17, 15) is 4.79 Å². The number of carbonyl (C=O) groups is 1. The highest BCUT2D eigenvalue weighted by Crippen LogP contribution is 2.37. The van der Waals surface area contributed by atoms with Crippen molar-refractivity contribution in [3.63, 3.8) is 0 Å². The first kappa shape index (κ1) is 10.3. The van der Waals surface area contributed by atoms with E-state index in [-0.39, 0.29) is 5.97 Å². The van der Waals surface area contributed by atoms with Crippen LogP contribution in [0.15, 0.2) is 47.2 Å². The number of ether oxygens (including phenoxy) is 1. The highest BCUT2D eigenvalue weighted by atomic mass is 16.5. The van der Waals surface area contributed by atoms with Crippen LogP contribution in [0.5, 0.6) is 0 Å². The van der Waals surface area contributed by atoms with Gasteiger partial charge in [0.15, 0.2) is 0 Å². The van der Waals surface area contributed by atoms with Gasteiger partial charge in [0.1, 0.15) is 5.76 Å². The summed E-state index contributed by atoms with van der Waals surface area (Å²) in [5, 5.41) is 0. The summed E-state index contributed by atoms with van der Waals surface area (Å²) in [5.74, 6) is 0.623. The summed E-state index contributed by atoms with van der Waals surface area (Å²) in [6.45, 7) is 0. The van der Waals surface area contributed by atoms with E-state index in [1.165, 1.54) is 0 Å². The van der Waals surface area contributed by atoms with E-state index in [2.05, 4.69) is 0 Å². The standard InChI is InChI=1S/C15H14O2/c16-15-13-9-5-4-8-12(13)14(17-15)10-11-6-2-1-3-7-11/h1-3,6-7,10H,4-5,8-9H2/b14-10-. The monoisotopic (exact) mass is 226 g/mol. The van der Waals surface area contributed by atoms with Crippen molar-refractivity contribution in [3.05, 3.63) is 52.8 Å². The first-order valence-electron chi connectivity index (χ1n) is 6.06. The molecule has 0 aromatic heterocycles. The molecule has 0 saturated carbocycles. The number of rotatable bonds is 1. The zero-order valence-electron chi connectivity index (χ0n) is 9.61. The summed E-state index contributed by atoms with van der Waals surface area (Å²) < 4.78 is 5.36. The van der Waals surface area contributed by atoms with Gasteiger partial charge in [0.05, 0.1) is 0 Å². The quantitative estimate of drug-likeness (QED) is 0.685. The van der Waals surface area contributed by atoms with Crippen molar-refractivity contribution in [1.29, 1.82) is 0 Å². The molecular formula is C15H14O2. The van der Waals surface area contributed by atoms with Crippen molar-refractivity contribution < 1.29 is 9.53 Å². The molecule has 0 unspecified atom stereocenters. The molecule has 0 atom stereocenters. The molecule has 0 spiro atoms. The smallest absolute Gasteiger partial charge is 0.339 e. The van der Waals surface area contributed by atoms with Gasteiger partial charge in [-0.1, -0.05) is 30.3 Å². The molecule has 86 valence electrons. The molecule has 1 aromatic carbocycles. The number of esters is 1. The predicted octanol–water partition coefficient (Wildman–Crippen LogP) is 3.45. The number of hydrogen-bond acceptors (Lipinski definition) is 2. The van der Waals surface area contributed by atoms with Crippen LogP contribution in [0.3, 0.4) is 0 Å². The van der Waals surface area contributed by atoms with Gasteiger partial charge in [-0.05, 0) is 37.3 Å². The molecule has 17 heavy (non-hydrogen) atoms. The Hall–Kier alpha value is -1.83.